The summed E-state index contributed by atoms with van der Waals surface area (Å²) < 4.78 is 13.6. The van der Waals surface area contributed by atoms with E-state index >= 15 is 0 Å². The first-order valence-electron chi connectivity index (χ1n) is 7.81. The molecule has 0 spiro atoms. The Hall–Kier alpha value is -0.600. The lowest BCUT2D eigenvalue weighted by Gasteiger charge is -2.20. The van der Waals surface area contributed by atoms with Crippen molar-refractivity contribution in [3.8, 4) is 0 Å². The molecule has 3 heteroatoms. The minimum Gasteiger partial charge on any atom is -0.316 e. The number of hydrogen-bond donors (Lipinski definition) is 1. The molecule has 3 aliphatic carbocycles. The number of fused-ring (bicyclic) bond motifs is 5. The Bertz CT molecular complexity index is 516. The van der Waals surface area contributed by atoms with Gasteiger partial charge in [0.05, 0.1) is 5.02 Å². The number of halogens is 2. The molecule has 0 saturated heterocycles. The van der Waals surface area contributed by atoms with Crippen molar-refractivity contribution in [2.45, 2.75) is 31.7 Å². The third-order valence-electron chi connectivity index (χ3n) is 6.10. The largest absolute Gasteiger partial charge is 0.316 e. The van der Waals surface area contributed by atoms with E-state index < -0.39 is 0 Å². The van der Waals surface area contributed by atoms with Crippen molar-refractivity contribution in [1.82, 2.24) is 5.32 Å². The summed E-state index contributed by atoms with van der Waals surface area (Å²) in [5.74, 6) is 4.35. The molecule has 5 unspecified atom stereocenters. The van der Waals surface area contributed by atoms with Crippen LogP contribution in [0.5, 0.6) is 0 Å². The predicted octanol–water partition coefficient (Wildman–Crippen LogP) is 3.90. The lowest BCUT2D eigenvalue weighted by molar-refractivity contribution is 0.376. The highest BCUT2D eigenvalue weighted by Crippen LogP contribution is 2.70. The van der Waals surface area contributed by atoms with Crippen molar-refractivity contribution >= 4 is 11.6 Å². The summed E-state index contributed by atoms with van der Waals surface area (Å²) >= 11 is 6.11. The van der Waals surface area contributed by atoms with Crippen LogP contribution < -0.4 is 5.32 Å². The molecule has 1 N–H and O–H groups in total. The number of likely N-dealkylation sites (N-methyl/N-ethyl adjacent to an activating group) is 1. The molecule has 0 heterocycles. The Morgan fingerprint density at radius 3 is 2.65 bits per heavy atom. The van der Waals surface area contributed by atoms with Gasteiger partial charge in [0.1, 0.15) is 5.82 Å². The fraction of sp³-hybridized carbons (Fsp3) is 0.647. The Labute approximate surface area is 124 Å². The van der Waals surface area contributed by atoms with E-state index in [0.29, 0.717) is 11.1 Å². The van der Waals surface area contributed by atoms with Gasteiger partial charge in [0.2, 0.25) is 0 Å². The van der Waals surface area contributed by atoms with E-state index in [9.17, 15) is 4.39 Å². The van der Waals surface area contributed by atoms with Gasteiger partial charge in [-0.3, -0.25) is 0 Å². The molecule has 20 heavy (non-hydrogen) atoms. The van der Waals surface area contributed by atoms with Gasteiger partial charge in [-0.1, -0.05) is 23.7 Å². The van der Waals surface area contributed by atoms with Gasteiger partial charge in [-0.05, 0) is 74.0 Å². The minimum absolute atomic E-state index is 0.296. The Morgan fingerprint density at radius 2 is 2.00 bits per heavy atom. The Balaban J connectivity index is 1.51. The van der Waals surface area contributed by atoms with Crippen LogP contribution >= 0.6 is 11.6 Å². The van der Waals surface area contributed by atoms with Crippen LogP contribution in [-0.2, 0) is 6.42 Å². The molecular formula is C17H21ClFN. The fourth-order valence-corrected chi connectivity index (χ4v) is 5.51. The normalized spacial score (nSPS) is 38.9. The first-order valence-corrected chi connectivity index (χ1v) is 8.18. The van der Waals surface area contributed by atoms with Crippen LogP contribution in [0.3, 0.4) is 0 Å². The lowest BCUT2D eigenvalue weighted by atomic mass is 9.93. The van der Waals surface area contributed by atoms with E-state index in [1.54, 1.807) is 6.07 Å². The molecule has 1 aromatic carbocycles. The van der Waals surface area contributed by atoms with Crippen molar-refractivity contribution in [2.24, 2.45) is 29.6 Å². The summed E-state index contributed by atoms with van der Waals surface area (Å²) in [6.07, 6.45) is 5.21. The molecule has 0 radical (unpaired) electrons. The quantitative estimate of drug-likeness (QED) is 0.888. The summed E-state index contributed by atoms with van der Waals surface area (Å²) in [4.78, 5) is 0. The van der Waals surface area contributed by atoms with Crippen molar-refractivity contribution in [2.75, 3.05) is 7.05 Å². The topological polar surface area (TPSA) is 12.0 Å². The molecule has 1 aromatic rings. The SMILES string of the molecule is CNC(Cc1cccc(F)c1Cl)C1C2C3CCC(C3)C21. The summed E-state index contributed by atoms with van der Waals surface area (Å²) in [6.45, 7) is 0. The van der Waals surface area contributed by atoms with E-state index in [-0.39, 0.29) is 5.82 Å². The van der Waals surface area contributed by atoms with Gasteiger partial charge >= 0.3 is 0 Å². The van der Waals surface area contributed by atoms with Crippen molar-refractivity contribution in [3.05, 3.63) is 34.6 Å². The lowest BCUT2D eigenvalue weighted by Crippen LogP contribution is -2.32. The van der Waals surface area contributed by atoms with Gasteiger partial charge in [0.15, 0.2) is 0 Å². The zero-order chi connectivity index (χ0) is 13.9. The van der Waals surface area contributed by atoms with Gasteiger partial charge in [0.25, 0.3) is 0 Å². The van der Waals surface area contributed by atoms with E-state index in [4.69, 9.17) is 11.6 Å². The molecule has 108 valence electrons. The van der Waals surface area contributed by atoms with Gasteiger partial charge in [0, 0.05) is 6.04 Å². The third kappa shape index (κ3) is 1.84. The molecule has 3 aliphatic rings. The highest BCUT2D eigenvalue weighted by Gasteiger charge is 2.66. The highest BCUT2D eigenvalue weighted by atomic mass is 35.5. The highest BCUT2D eigenvalue weighted by molar-refractivity contribution is 6.31. The molecule has 0 aromatic heterocycles. The molecule has 3 saturated carbocycles. The van der Waals surface area contributed by atoms with Crippen LogP contribution in [-0.4, -0.2) is 13.1 Å². The van der Waals surface area contributed by atoms with Crippen LogP contribution in [0.2, 0.25) is 5.02 Å². The Morgan fingerprint density at radius 1 is 1.30 bits per heavy atom. The number of rotatable bonds is 4. The minimum atomic E-state index is -0.296. The molecule has 5 atom stereocenters. The monoisotopic (exact) mass is 293 g/mol. The summed E-state index contributed by atoms with van der Waals surface area (Å²) in [6, 6.07) is 5.61. The molecule has 0 aliphatic heterocycles. The summed E-state index contributed by atoms with van der Waals surface area (Å²) in [5, 5.41) is 3.78. The smallest absolute Gasteiger partial charge is 0.142 e. The average Bonchev–Trinajstić information content (AvgIpc) is 2.88. The van der Waals surface area contributed by atoms with E-state index in [2.05, 4.69) is 5.32 Å². The fourth-order valence-electron chi connectivity index (χ4n) is 5.30. The van der Waals surface area contributed by atoms with Crippen molar-refractivity contribution in [3.63, 3.8) is 0 Å². The van der Waals surface area contributed by atoms with Crippen LogP contribution in [0, 0.1) is 35.4 Å². The van der Waals surface area contributed by atoms with Crippen LogP contribution in [0.15, 0.2) is 18.2 Å². The zero-order valence-electron chi connectivity index (χ0n) is 11.8. The van der Waals surface area contributed by atoms with Crippen LogP contribution in [0.25, 0.3) is 0 Å². The molecule has 0 amide bonds. The average molecular weight is 294 g/mol. The third-order valence-corrected chi connectivity index (χ3v) is 6.52. The first-order chi connectivity index (χ1) is 9.70. The second-order valence-electron chi connectivity index (χ2n) is 6.88. The van der Waals surface area contributed by atoms with Crippen molar-refractivity contribution < 1.29 is 4.39 Å². The maximum Gasteiger partial charge on any atom is 0.142 e. The predicted molar refractivity (Wildman–Crippen MR) is 79.3 cm³/mol. The van der Waals surface area contributed by atoms with Gasteiger partial charge < -0.3 is 5.32 Å². The zero-order valence-corrected chi connectivity index (χ0v) is 12.5. The van der Waals surface area contributed by atoms with Crippen molar-refractivity contribution in [1.29, 1.82) is 0 Å². The number of benzene rings is 1. The first kappa shape index (κ1) is 13.1. The van der Waals surface area contributed by atoms with E-state index in [0.717, 1.165) is 41.6 Å². The molecule has 3 fully saturated rings. The standard InChI is InChI=1S/C17H21ClFN/c1-20-13(8-11-3-2-4-12(19)17(11)18)16-14-9-5-6-10(7-9)15(14)16/h2-4,9-10,13-16,20H,5-8H2,1H3. The Kier molecular flexibility index (Phi) is 3.08. The second kappa shape index (κ2) is 4.71. The second-order valence-corrected chi connectivity index (χ2v) is 7.26. The molecular weight excluding hydrogens is 273 g/mol. The molecule has 2 bridgehead atoms. The maximum absolute atomic E-state index is 13.6. The molecule has 1 nitrogen and oxygen atoms in total. The van der Waals surface area contributed by atoms with Gasteiger partial charge in [-0.25, -0.2) is 4.39 Å². The molecule has 4 rings (SSSR count). The number of nitrogens with one attached hydrogen (secondary N) is 1. The van der Waals surface area contributed by atoms with Crippen LogP contribution in [0.4, 0.5) is 4.39 Å². The van der Waals surface area contributed by atoms with E-state index in [1.807, 2.05) is 13.1 Å². The van der Waals surface area contributed by atoms with E-state index in [1.165, 1.54) is 25.3 Å². The van der Waals surface area contributed by atoms with Crippen LogP contribution in [0.1, 0.15) is 24.8 Å². The maximum atomic E-state index is 13.6. The van der Waals surface area contributed by atoms with Gasteiger partial charge in [-0.15, -0.1) is 0 Å². The number of hydrogen-bond acceptors (Lipinski definition) is 1. The summed E-state index contributed by atoms with van der Waals surface area (Å²) in [7, 11) is 2.04. The summed E-state index contributed by atoms with van der Waals surface area (Å²) in [5.41, 5.74) is 0.948. The van der Waals surface area contributed by atoms with Gasteiger partial charge in [-0.2, -0.15) is 0 Å².